The molecule has 1 fully saturated rings. The van der Waals surface area contributed by atoms with E-state index in [1.807, 2.05) is 30.3 Å². The molecule has 1 aliphatic rings. The summed E-state index contributed by atoms with van der Waals surface area (Å²) in [4.78, 5) is 25.1. The Balaban J connectivity index is 1.95. The van der Waals surface area contributed by atoms with E-state index in [0.717, 1.165) is 5.56 Å². The van der Waals surface area contributed by atoms with Crippen LogP contribution in [0.15, 0.2) is 30.3 Å². The number of nitrogens with zero attached hydrogens (tertiary/aromatic N) is 1. The minimum atomic E-state index is -2.65. The van der Waals surface area contributed by atoms with Gasteiger partial charge in [0.05, 0.1) is 11.8 Å². The molecule has 0 bridgehead atoms. The molecule has 22 heavy (non-hydrogen) atoms. The fourth-order valence-corrected chi connectivity index (χ4v) is 2.87. The molecule has 120 valence electrons. The number of hydrogen-bond acceptors (Lipinski definition) is 2. The third kappa shape index (κ3) is 3.81. The lowest BCUT2D eigenvalue weighted by molar-refractivity contribution is -0.157. The zero-order valence-electron chi connectivity index (χ0n) is 12.2. The van der Waals surface area contributed by atoms with Gasteiger partial charge < -0.3 is 10.0 Å². The molecule has 1 amide bonds. The summed E-state index contributed by atoms with van der Waals surface area (Å²) >= 11 is 0. The van der Waals surface area contributed by atoms with Crippen molar-refractivity contribution in [1.29, 1.82) is 0 Å². The van der Waals surface area contributed by atoms with E-state index in [2.05, 4.69) is 0 Å². The number of carbonyl (C=O) groups is 2. The first kappa shape index (κ1) is 16.4. The second-order valence-corrected chi connectivity index (χ2v) is 5.72. The van der Waals surface area contributed by atoms with Crippen molar-refractivity contribution in [3.05, 3.63) is 35.9 Å². The van der Waals surface area contributed by atoms with E-state index in [0.29, 0.717) is 0 Å². The van der Waals surface area contributed by atoms with Crippen LogP contribution in [0.3, 0.4) is 0 Å². The van der Waals surface area contributed by atoms with Crippen molar-refractivity contribution in [1.82, 2.24) is 4.90 Å². The number of carbonyl (C=O) groups excluding carboxylic acids is 1. The summed E-state index contributed by atoms with van der Waals surface area (Å²) in [5.41, 5.74) is -0.521. The lowest BCUT2D eigenvalue weighted by Crippen LogP contribution is -2.47. The molecule has 0 saturated carbocycles. The summed E-state index contributed by atoms with van der Waals surface area (Å²) in [7, 11) is 0. The van der Waals surface area contributed by atoms with Crippen LogP contribution in [-0.2, 0) is 16.0 Å². The Kier molecular flexibility index (Phi) is 5.11. The average Bonchev–Trinajstić information content (AvgIpc) is 2.48. The largest absolute Gasteiger partial charge is 0.481 e. The summed E-state index contributed by atoms with van der Waals surface area (Å²) in [5.74, 6) is -1.29. The van der Waals surface area contributed by atoms with Gasteiger partial charge in [-0.15, -0.1) is 0 Å². The Hall–Kier alpha value is -1.98. The number of alkyl halides is 2. The molecule has 1 saturated heterocycles. The Morgan fingerprint density at radius 1 is 1.18 bits per heavy atom. The highest BCUT2D eigenvalue weighted by atomic mass is 19.3. The van der Waals surface area contributed by atoms with E-state index in [1.54, 1.807) is 4.90 Å². The molecule has 0 radical (unpaired) electrons. The van der Waals surface area contributed by atoms with E-state index >= 15 is 0 Å². The van der Waals surface area contributed by atoms with Gasteiger partial charge in [-0.2, -0.15) is 0 Å². The van der Waals surface area contributed by atoms with Crippen LogP contribution in [0, 0.1) is 5.41 Å². The summed E-state index contributed by atoms with van der Waals surface area (Å²) in [6.45, 7) is 0.426. The van der Waals surface area contributed by atoms with Crippen molar-refractivity contribution in [2.75, 3.05) is 13.1 Å². The molecule has 1 heterocycles. The zero-order chi connectivity index (χ0) is 16.2. The molecule has 6 heteroatoms. The van der Waals surface area contributed by atoms with Crippen LogP contribution in [0.4, 0.5) is 8.78 Å². The number of carboxylic acid groups (broad SMARTS) is 1. The van der Waals surface area contributed by atoms with E-state index in [-0.39, 0.29) is 38.3 Å². The van der Waals surface area contributed by atoms with Crippen molar-refractivity contribution >= 4 is 11.9 Å². The molecular formula is C16H19F2NO3. The number of likely N-dealkylation sites (tertiary alicyclic amines) is 1. The first-order valence-electron chi connectivity index (χ1n) is 7.26. The number of amides is 1. The quantitative estimate of drug-likeness (QED) is 0.909. The number of benzene rings is 1. The third-order valence-corrected chi connectivity index (χ3v) is 4.27. The maximum Gasteiger partial charge on any atom is 0.309 e. The molecule has 0 aromatic heterocycles. The number of rotatable bonds is 5. The molecule has 0 spiro atoms. The van der Waals surface area contributed by atoms with Crippen LogP contribution >= 0.6 is 0 Å². The molecule has 1 aromatic carbocycles. The SMILES string of the molecule is O=C(Cc1ccccc1)N1CCC(CC(F)F)(C(=O)O)CC1. The van der Waals surface area contributed by atoms with Gasteiger partial charge in [-0.1, -0.05) is 30.3 Å². The van der Waals surface area contributed by atoms with Crippen LogP contribution < -0.4 is 0 Å². The van der Waals surface area contributed by atoms with E-state index in [4.69, 9.17) is 0 Å². The molecule has 0 unspecified atom stereocenters. The first-order chi connectivity index (χ1) is 10.4. The number of aliphatic carboxylic acids is 1. The van der Waals surface area contributed by atoms with E-state index < -0.39 is 24.2 Å². The Labute approximate surface area is 127 Å². The van der Waals surface area contributed by atoms with Gasteiger partial charge in [0.25, 0.3) is 0 Å². The van der Waals surface area contributed by atoms with Crippen LogP contribution in [0.1, 0.15) is 24.8 Å². The average molecular weight is 311 g/mol. The van der Waals surface area contributed by atoms with Crippen LogP contribution in [0.5, 0.6) is 0 Å². The molecular weight excluding hydrogens is 292 g/mol. The Morgan fingerprint density at radius 2 is 1.77 bits per heavy atom. The third-order valence-electron chi connectivity index (χ3n) is 4.27. The second kappa shape index (κ2) is 6.85. The number of piperidine rings is 1. The van der Waals surface area contributed by atoms with Gasteiger partial charge in [0.2, 0.25) is 12.3 Å². The zero-order valence-corrected chi connectivity index (χ0v) is 12.2. The summed E-state index contributed by atoms with van der Waals surface area (Å²) < 4.78 is 25.2. The van der Waals surface area contributed by atoms with Crippen molar-refractivity contribution in [2.24, 2.45) is 5.41 Å². The van der Waals surface area contributed by atoms with E-state index in [9.17, 15) is 23.5 Å². The lowest BCUT2D eigenvalue weighted by atomic mass is 9.75. The second-order valence-electron chi connectivity index (χ2n) is 5.72. The van der Waals surface area contributed by atoms with Crippen molar-refractivity contribution in [3.8, 4) is 0 Å². The summed E-state index contributed by atoms with van der Waals surface area (Å²) in [6.07, 6.45) is -2.90. The highest BCUT2D eigenvalue weighted by Crippen LogP contribution is 2.37. The van der Waals surface area contributed by atoms with Gasteiger partial charge >= 0.3 is 5.97 Å². The fraction of sp³-hybridized carbons (Fsp3) is 0.500. The lowest BCUT2D eigenvalue weighted by Gasteiger charge is -2.38. The monoisotopic (exact) mass is 311 g/mol. The molecule has 1 N–H and O–H groups in total. The van der Waals surface area contributed by atoms with Crippen molar-refractivity contribution in [2.45, 2.75) is 32.1 Å². The smallest absolute Gasteiger partial charge is 0.309 e. The standard InChI is InChI=1S/C16H19F2NO3/c17-13(18)11-16(15(21)22)6-8-19(9-7-16)14(20)10-12-4-2-1-3-5-12/h1-5,13H,6-11H2,(H,21,22). The molecule has 1 aliphatic heterocycles. The molecule has 0 aliphatic carbocycles. The minimum absolute atomic E-state index is 0.0766. The van der Waals surface area contributed by atoms with Gasteiger partial charge in [0, 0.05) is 19.5 Å². The summed E-state index contributed by atoms with van der Waals surface area (Å²) in [5, 5.41) is 9.26. The number of hydrogen-bond donors (Lipinski definition) is 1. The molecule has 1 aromatic rings. The topological polar surface area (TPSA) is 57.6 Å². The predicted octanol–water partition coefficient (Wildman–Crippen LogP) is 2.58. The fourth-order valence-electron chi connectivity index (χ4n) is 2.87. The Bertz CT molecular complexity index is 525. The number of carboxylic acids is 1. The molecule has 2 rings (SSSR count). The maximum atomic E-state index is 12.6. The van der Waals surface area contributed by atoms with Gasteiger partial charge in [0.1, 0.15) is 0 Å². The summed E-state index contributed by atoms with van der Waals surface area (Å²) in [6, 6.07) is 9.24. The maximum absolute atomic E-state index is 12.6. The molecule has 4 nitrogen and oxygen atoms in total. The van der Waals surface area contributed by atoms with E-state index in [1.165, 1.54) is 0 Å². The molecule has 0 atom stereocenters. The van der Waals surface area contributed by atoms with Gasteiger partial charge in [-0.05, 0) is 18.4 Å². The number of halogens is 2. The van der Waals surface area contributed by atoms with Crippen LogP contribution in [0.25, 0.3) is 0 Å². The highest BCUT2D eigenvalue weighted by Gasteiger charge is 2.44. The van der Waals surface area contributed by atoms with Crippen molar-refractivity contribution < 1.29 is 23.5 Å². The van der Waals surface area contributed by atoms with Crippen LogP contribution in [0.2, 0.25) is 0 Å². The predicted molar refractivity (Wildman–Crippen MR) is 76.6 cm³/mol. The van der Waals surface area contributed by atoms with Crippen molar-refractivity contribution in [3.63, 3.8) is 0 Å². The minimum Gasteiger partial charge on any atom is -0.481 e. The van der Waals surface area contributed by atoms with Gasteiger partial charge in [-0.25, -0.2) is 8.78 Å². The Morgan fingerprint density at radius 3 is 2.27 bits per heavy atom. The van der Waals surface area contributed by atoms with Gasteiger partial charge in [-0.3, -0.25) is 9.59 Å². The van der Waals surface area contributed by atoms with Gasteiger partial charge in [0.15, 0.2) is 0 Å². The highest BCUT2D eigenvalue weighted by molar-refractivity contribution is 5.80. The first-order valence-corrected chi connectivity index (χ1v) is 7.26. The normalized spacial score (nSPS) is 17.5. The van der Waals surface area contributed by atoms with Crippen LogP contribution in [-0.4, -0.2) is 41.4 Å².